The van der Waals surface area contributed by atoms with Gasteiger partial charge in [-0.1, -0.05) is 0 Å². The molecule has 7 heteroatoms. The first-order valence-corrected chi connectivity index (χ1v) is 4.86. The number of pyridine rings is 1. The Morgan fingerprint density at radius 3 is 2.67 bits per heavy atom. The van der Waals surface area contributed by atoms with Gasteiger partial charge in [0.2, 0.25) is 5.88 Å². The molecule has 0 bridgehead atoms. The number of methoxy groups -OCH3 is 1. The van der Waals surface area contributed by atoms with Gasteiger partial charge in [-0.3, -0.25) is 4.79 Å². The maximum atomic E-state index is 12.6. The maximum absolute atomic E-state index is 12.6. The first kappa shape index (κ1) is 12.3. The number of aromatic nitrogens is 1. The molecule has 0 aliphatic rings. The van der Waals surface area contributed by atoms with E-state index in [2.05, 4.69) is 25.7 Å². The fourth-order valence-electron chi connectivity index (χ4n) is 1.04. The Bertz CT molecular complexity index is 400. The molecule has 15 heavy (non-hydrogen) atoms. The van der Waals surface area contributed by atoms with Gasteiger partial charge in [0.25, 0.3) is 11.7 Å². The molecule has 0 aromatic carbocycles. The largest absolute Gasteiger partial charge is 0.480 e. The van der Waals surface area contributed by atoms with Crippen molar-refractivity contribution in [2.75, 3.05) is 7.11 Å². The second kappa shape index (κ2) is 4.85. The van der Waals surface area contributed by atoms with E-state index < -0.39 is 22.8 Å². The molecular weight excluding hydrogens is 295 g/mol. The number of carbonyl (C=O) groups is 1. The Balaban J connectivity index is 3.51. The van der Waals surface area contributed by atoms with Crippen molar-refractivity contribution in [2.24, 2.45) is 0 Å². The SMILES string of the molecule is COc1ncc(Br)c(C(F)F)c1C(=O)Cl. The van der Waals surface area contributed by atoms with Gasteiger partial charge >= 0.3 is 0 Å². The van der Waals surface area contributed by atoms with Crippen LogP contribution in [-0.4, -0.2) is 17.3 Å². The van der Waals surface area contributed by atoms with Crippen molar-refractivity contribution in [1.82, 2.24) is 4.98 Å². The van der Waals surface area contributed by atoms with Crippen LogP contribution in [0.1, 0.15) is 22.3 Å². The third-order valence-corrected chi connectivity index (χ3v) is 2.46. The lowest BCUT2D eigenvalue weighted by Gasteiger charge is -2.10. The number of ether oxygens (including phenoxy) is 1. The van der Waals surface area contributed by atoms with E-state index in [1.807, 2.05) is 0 Å². The van der Waals surface area contributed by atoms with Crippen LogP contribution in [0.4, 0.5) is 8.78 Å². The first-order valence-electron chi connectivity index (χ1n) is 3.69. The van der Waals surface area contributed by atoms with E-state index in [9.17, 15) is 13.6 Å². The number of carbonyl (C=O) groups excluding carboxylic acids is 1. The van der Waals surface area contributed by atoms with E-state index in [1.165, 1.54) is 7.11 Å². The highest BCUT2D eigenvalue weighted by atomic mass is 79.9. The van der Waals surface area contributed by atoms with Crippen LogP contribution >= 0.6 is 27.5 Å². The molecule has 1 heterocycles. The van der Waals surface area contributed by atoms with Crippen molar-refractivity contribution in [3.8, 4) is 5.88 Å². The minimum atomic E-state index is -2.84. The molecule has 1 rings (SSSR count). The number of hydrogen-bond acceptors (Lipinski definition) is 3. The zero-order valence-electron chi connectivity index (χ0n) is 7.43. The summed E-state index contributed by atoms with van der Waals surface area (Å²) in [6, 6.07) is 0. The highest BCUT2D eigenvalue weighted by molar-refractivity contribution is 9.10. The quantitative estimate of drug-likeness (QED) is 0.805. The molecule has 82 valence electrons. The van der Waals surface area contributed by atoms with Crippen LogP contribution in [0.25, 0.3) is 0 Å². The van der Waals surface area contributed by atoms with Crippen LogP contribution in [0.2, 0.25) is 0 Å². The monoisotopic (exact) mass is 299 g/mol. The molecule has 0 atom stereocenters. The van der Waals surface area contributed by atoms with Gasteiger partial charge in [-0.15, -0.1) is 0 Å². The Morgan fingerprint density at radius 2 is 2.27 bits per heavy atom. The van der Waals surface area contributed by atoms with Crippen molar-refractivity contribution in [3.63, 3.8) is 0 Å². The number of nitrogens with zero attached hydrogens (tertiary/aromatic N) is 1. The van der Waals surface area contributed by atoms with Crippen molar-refractivity contribution < 1.29 is 18.3 Å². The van der Waals surface area contributed by atoms with Crippen molar-refractivity contribution in [3.05, 3.63) is 21.8 Å². The van der Waals surface area contributed by atoms with Gasteiger partial charge in [-0.25, -0.2) is 13.8 Å². The summed E-state index contributed by atoms with van der Waals surface area (Å²) < 4.78 is 30.0. The minimum Gasteiger partial charge on any atom is -0.480 e. The van der Waals surface area contributed by atoms with Gasteiger partial charge in [-0.2, -0.15) is 0 Å². The zero-order valence-corrected chi connectivity index (χ0v) is 9.77. The van der Waals surface area contributed by atoms with Gasteiger partial charge in [0.05, 0.1) is 12.7 Å². The summed E-state index contributed by atoms with van der Waals surface area (Å²) >= 11 is 8.07. The molecule has 0 aliphatic carbocycles. The Kier molecular flexibility index (Phi) is 3.98. The molecular formula is C8H5BrClF2NO2. The summed E-state index contributed by atoms with van der Waals surface area (Å²) in [7, 11) is 1.22. The Labute approximate surface area is 97.5 Å². The summed E-state index contributed by atoms with van der Waals surface area (Å²) in [5.41, 5.74) is -0.926. The predicted molar refractivity (Wildman–Crippen MR) is 53.6 cm³/mol. The van der Waals surface area contributed by atoms with Crippen LogP contribution in [0, 0.1) is 0 Å². The zero-order chi connectivity index (χ0) is 11.6. The summed E-state index contributed by atoms with van der Waals surface area (Å²) in [5.74, 6) is -0.214. The number of alkyl halides is 2. The molecule has 0 spiro atoms. The number of hydrogen-bond donors (Lipinski definition) is 0. The van der Waals surface area contributed by atoms with Gasteiger partial charge in [0.1, 0.15) is 5.56 Å². The highest BCUT2D eigenvalue weighted by Crippen LogP contribution is 2.35. The summed E-state index contributed by atoms with van der Waals surface area (Å²) in [6.45, 7) is 0. The number of rotatable bonds is 3. The van der Waals surface area contributed by atoms with Gasteiger partial charge < -0.3 is 4.74 Å². The van der Waals surface area contributed by atoms with Crippen LogP contribution in [-0.2, 0) is 0 Å². The molecule has 3 nitrogen and oxygen atoms in total. The molecule has 0 N–H and O–H groups in total. The normalized spacial score (nSPS) is 10.5. The fourth-order valence-corrected chi connectivity index (χ4v) is 1.70. The summed E-state index contributed by atoms with van der Waals surface area (Å²) in [6.07, 6.45) is -1.71. The third-order valence-electron chi connectivity index (χ3n) is 1.64. The number of halogens is 4. The van der Waals surface area contributed by atoms with Gasteiger partial charge in [0.15, 0.2) is 0 Å². The van der Waals surface area contributed by atoms with Crippen LogP contribution in [0.3, 0.4) is 0 Å². The smallest absolute Gasteiger partial charge is 0.265 e. The molecule has 1 aromatic heterocycles. The second-order valence-corrected chi connectivity index (χ2v) is 3.68. The molecule has 0 amide bonds. The van der Waals surface area contributed by atoms with E-state index in [4.69, 9.17) is 11.6 Å². The lowest BCUT2D eigenvalue weighted by atomic mass is 10.1. The average molecular weight is 300 g/mol. The summed E-state index contributed by atoms with van der Waals surface area (Å²) in [5, 5.41) is -1.03. The van der Waals surface area contributed by atoms with Gasteiger partial charge in [-0.05, 0) is 27.5 Å². The second-order valence-electron chi connectivity index (χ2n) is 2.48. The van der Waals surface area contributed by atoms with Crippen molar-refractivity contribution >= 4 is 32.8 Å². The maximum Gasteiger partial charge on any atom is 0.265 e. The van der Waals surface area contributed by atoms with Crippen molar-refractivity contribution in [2.45, 2.75) is 6.43 Å². The van der Waals surface area contributed by atoms with E-state index in [0.29, 0.717) is 0 Å². The molecule has 1 aromatic rings. The van der Waals surface area contributed by atoms with E-state index >= 15 is 0 Å². The molecule has 0 radical (unpaired) electrons. The Morgan fingerprint density at radius 1 is 1.67 bits per heavy atom. The minimum absolute atomic E-state index is 0.0160. The lowest BCUT2D eigenvalue weighted by molar-refractivity contribution is 0.106. The van der Waals surface area contributed by atoms with E-state index in [0.717, 1.165) is 6.20 Å². The molecule has 0 unspecified atom stereocenters. The topological polar surface area (TPSA) is 39.2 Å². The van der Waals surface area contributed by atoms with E-state index in [1.54, 1.807) is 0 Å². The highest BCUT2D eigenvalue weighted by Gasteiger charge is 2.25. The molecule has 0 aliphatic heterocycles. The standard InChI is InChI=1S/C8H5BrClF2NO2/c1-15-8-5(6(10)14)4(7(11)12)3(9)2-13-8/h2,7H,1H3. The fraction of sp³-hybridized carbons (Fsp3) is 0.250. The predicted octanol–water partition coefficient (Wildman–Crippen LogP) is 3.17. The van der Waals surface area contributed by atoms with Crippen LogP contribution in [0.15, 0.2) is 10.7 Å². The van der Waals surface area contributed by atoms with Crippen molar-refractivity contribution in [1.29, 1.82) is 0 Å². The van der Waals surface area contributed by atoms with Gasteiger partial charge in [0, 0.05) is 10.7 Å². The summed E-state index contributed by atoms with van der Waals surface area (Å²) in [4.78, 5) is 14.6. The van der Waals surface area contributed by atoms with Crippen LogP contribution in [0.5, 0.6) is 5.88 Å². The van der Waals surface area contributed by atoms with E-state index in [-0.39, 0.29) is 10.4 Å². The molecule has 0 saturated carbocycles. The first-order chi connectivity index (χ1) is 6.99. The lowest BCUT2D eigenvalue weighted by Crippen LogP contribution is -2.05. The Hall–Kier alpha value is -0.750. The van der Waals surface area contributed by atoms with Crippen LogP contribution < -0.4 is 4.74 Å². The average Bonchev–Trinajstić information content (AvgIpc) is 2.16. The third kappa shape index (κ3) is 2.43. The molecule has 0 fully saturated rings. The molecule has 0 saturated heterocycles.